The van der Waals surface area contributed by atoms with Gasteiger partial charge in [-0.05, 0) is 17.7 Å². The average molecular weight is 266 g/mol. The molecule has 2 fully saturated rings. The SMILES string of the molecule is COc1cc(C2OC[C@@H]3COC[C@H]23)cc(OC)c1O. The molecule has 0 spiro atoms. The van der Waals surface area contributed by atoms with Crippen LogP contribution in [0.3, 0.4) is 0 Å². The second-order valence-electron chi connectivity index (χ2n) is 4.99. The van der Waals surface area contributed by atoms with Gasteiger partial charge >= 0.3 is 0 Å². The monoisotopic (exact) mass is 266 g/mol. The summed E-state index contributed by atoms with van der Waals surface area (Å²) < 4.78 is 21.7. The lowest BCUT2D eigenvalue weighted by Crippen LogP contribution is -2.13. The van der Waals surface area contributed by atoms with Crippen molar-refractivity contribution in [1.82, 2.24) is 0 Å². The number of benzene rings is 1. The van der Waals surface area contributed by atoms with Crippen molar-refractivity contribution in [3.63, 3.8) is 0 Å². The number of ether oxygens (including phenoxy) is 4. The molecule has 1 unspecified atom stereocenters. The maximum absolute atomic E-state index is 9.93. The van der Waals surface area contributed by atoms with Gasteiger partial charge < -0.3 is 24.1 Å². The van der Waals surface area contributed by atoms with Crippen LogP contribution in [0.15, 0.2) is 12.1 Å². The van der Waals surface area contributed by atoms with Gasteiger partial charge in [0.2, 0.25) is 5.75 Å². The number of rotatable bonds is 3. The van der Waals surface area contributed by atoms with Gasteiger partial charge in [0.15, 0.2) is 11.5 Å². The molecule has 1 aromatic carbocycles. The van der Waals surface area contributed by atoms with Crippen molar-refractivity contribution in [1.29, 1.82) is 0 Å². The van der Waals surface area contributed by atoms with Crippen LogP contribution in [-0.2, 0) is 9.47 Å². The number of phenolic OH excluding ortho intramolecular Hbond substituents is 1. The molecular formula is C14H18O5. The van der Waals surface area contributed by atoms with Crippen LogP contribution in [0.1, 0.15) is 11.7 Å². The van der Waals surface area contributed by atoms with Crippen molar-refractivity contribution in [3.05, 3.63) is 17.7 Å². The number of hydrogen-bond donors (Lipinski definition) is 1. The predicted octanol–water partition coefficient (Wildman–Crippen LogP) is 1.74. The van der Waals surface area contributed by atoms with Crippen molar-refractivity contribution in [2.75, 3.05) is 34.0 Å². The van der Waals surface area contributed by atoms with Crippen LogP contribution in [0.2, 0.25) is 0 Å². The van der Waals surface area contributed by atoms with Gasteiger partial charge in [-0.15, -0.1) is 0 Å². The first-order valence-electron chi connectivity index (χ1n) is 6.38. The first-order chi connectivity index (χ1) is 9.24. The van der Waals surface area contributed by atoms with Crippen LogP contribution in [0.25, 0.3) is 0 Å². The number of methoxy groups -OCH3 is 2. The molecule has 104 valence electrons. The molecule has 3 atom stereocenters. The second kappa shape index (κ2) is 4.90. The molecule has 3 rings (SSSR count). The van der Waals surface area contributed by atoms with Crippen LogP contribution < -0.4 is 9.47 Å². The lowest BCUT2D eigenvalue weighted by molar-refractivity contribution is 0.0499. The predicted molar refractivity (Wildman–Crippen MR) is 67.7 cm³/mol. The van der Waals surface area contributed by atoms with Crippen LogP contribution in [-0.4, -0.2) is 39.1 Å². The van der Waals surface area contributed by atoms with Gasteiger partial charge in [0, 0.05) is 11.8 Å². The molecule has 2 aliphatic rings. The van der Waals surface area contributed by atoms with E-state index < -0.39 is 0 Å². The van der Waals surface area contributed by atoms with Gasteiger partial charge in [-0.1, -0.05) is 0 Å². The molecule has 5 heteroatoms. The molecule has 2 heterocycles. The molecule has 0 bridgehead atoms. The molecule has 0 saturated carbocycles. The highest BCUT2D eigenvalue weighted by atomic mass is 16.5. The van der Waals surface area contributed by atoms with Crippen LogP contribution in [0.5, 0.6) is 17.2 Å². The molecule has 0 radical (unpaired) electrons. The van der Waals surface area contributed by atoms with Gasteiger partial charge in [-0.2, -0.15) is 0 Å². The van der Waals surface area contributed by atoms with Crippen molar-refractivity contribution in [3.8, 4) is 17.2 Å². The highest BCUT2D eigenvalue weighted by Crippen LogP contribution is 2.46. The minimum Gasteiger partial charge on any atom is -0.502 e. The summed E-state index contributed by atoms with van der Waals surface area (Å²) in [5, 5.41) is 9.93. The molecular weight excluding hydrogens is 248 g/mol. The zero-order valence-corrected chi connectivity index (χ0v) is 11.1. The summed E-state index contributed by atoms with van der Waals surface area (Å²) in [7, 11) is 3.05. The lowest BCUT2D eigenvalue weighted by Gasteiger charge is -2.19. The van der Waals surface area contributed by atoms with E-state index in [2.05, 4.69) is 0 Å². The van der Waals surface area contributed by atoms with Crippen LogP contribution >= 0.6 is 0 Å². The summed E-state index contributed by atoms with van der Waals surface area (Å²) in [5.74, 6) is 1.67. The van der Waals surface area contributed by atoms with E-state index in [1.165, 1.54) is 14.2 Å². The van der Waals surface area contributed by atoms with Crippen LogP contribution in [0.4, 0.5) is 0 Å². The molecule has 0 aliphatic carbocycles. The highest BCUT2D eigenvalue weighted by Gasteiger charge is 2.42. The zero-order valence-electron chi connectivity index (χ0n) is 11.1. The Morgan fingerprint density at radius 1 is 1.11 bits per heavy atom. The largest absolute Gasteiger partial charge is 0.502 e. The normalized spacial score (nSPS) is 29.3. The Labute approximate surface area is 112 Å². The fourth-order valence-corrected chi connectivity index (χ4v) is 2.89. The summed E-state index contributed by atoms with van der Waals surface area (Å²) in [5.41, 5.74) is 0.963. The number of phenols is 1. The van der Waals surface area contributed by atoms with E-state index in [9.17, 15) is 5.11 Å². The minimum atomic E-state index is -0.0177. The number of hydrogen-bond acceptors (Lipinski definition) is 5. The first kappa shape index (κ1) is 12.6. The summed E-state index contributed by atoms with van der Waals surface area (Å²) in [6.07, 6.45) is -0.0177. The van der Waals surface area contributed by atoms with Gasteiger partial charge in [0.25, 0.3) is 0 Å². The van der Waals surface area contributed by atoms with E-state index >= 15 is 0 Å². The van der Waals surface area contributed by atoms with Gasteiger partial charge in [0.1, 0.15) is 0 Å². The molecule has 0 aromatic heterocycles. The number of aromatic hydroxyl groups is 1. The topological polar surface area (TPSA) is 57.2 Å². The summed E-state index contributed by atoms with van der Waals surface area (Å²) in [6, 6.07) is 3.62. The Balaban J connectivity index is 1.96. The third-order valence-corrected chi connectivity index (χ3v) is 3.96. The average Bonchev–Trinajstić information content (AvgIpc) is 3.01. The maximum atomic E-state index is 9.93. The van der Waals surface area contributed by atoms with E-state index in [-0.39, 0.29) is 11.9 Å². The zero-order chi connectivity index (χ0) is 13.4. The number of fused-ring (bicyclic) bond motifs is 1. The van der Waals surface area contributed by atoms with E-state index in [1.807, 2.05) is 12.1 Å². The fraction of sp³-hybridized carbons (Fsp3) is 0.571. The molecule has 1 N–H and O–H groups in total. The van der Waals surface area contributed by atoms with Gasteiger partial charge in [0.05, 0.1) is 40.1 Å². The summed E-state index contributed by atoms with van der Waals surface area (Å²) in [4.78, 5) is 0. The van der Waals surface area contributed by atoms with E-state index in [4.69, 9.17) is 18.9 Å². The Morgan fingerprint density at radius 3 is 2.42 bits per heavy atom. The quantitative estimate of drug-likeness (QED) is 0.903. The lowest BCUT2D eigenvalue weighted by atomic mass is 9.90. The summed E-state index contributed by atoms with van der Waals surface area (Å²) in [6.45, 7) is 2.22. The molecule has 19 heavy (non-hydrogen) atoms. The Kier molecular flexibility index (Phi) is 3.24. The maximum Gasteiger partial charge on any atom is 0.200 e. The standard InChI is InChI=1S/C14H18O5/c1-16-11-3-8(4-12(17-2)13(11)15)14-10-7-18-5-9(10)6-19-14/h3-4,9-10,14-15H,5-7H2,1-2H3/t9-,10-,14?/m0/s1. The van der Waals surface area contributed by atoms with Crippen LogP contribution in [0, 0.1) is 11.8 Å². The Bertz CT molecular complexity index is 448. The van der Waals surface area contributed by atoms with Gasteiger partial charge in [-0.25, -0.2) is 0 Å². The van der Waals surface area contributed by atoms with Crippen molar-refractivity contribution < 1.29 is 24.1 Å². The second-order valence-corrected chi connectivity index (χ2v) is 4.99. The Morgan fingerprint density at radius 2 is 1.79 bits per heavy atom. The van der Waals surface area contributed by atoms with Crippen molar-refractivity contribution in [2.24, 2.45) is 11.8 Å². The minimum absolute atomic E-state index is 0.0177. The van der Waals surface area contributed by atoms with E-state index in [0.29, 0.717) is 23.3 Å². The third-order valence-electron chi connectivity index (χ3n) is 3.96. The molecule has 2 aliphatic heterocycles. The smallest absolute Gasteiger partial charge is 0.200 e. The molecule has 5 nitrogen and oxygen atoms in total. The Hall–Kier alpha value is -1.46. The van der Waals surface area contributed by atoms with E-state index in [0.717, 1.165) is 25.4 Å². The fourth-order valence-electron chi connectivity index (χ4n) is 2.89. The van der Waals surface area contributed by atoms with Crippen molar-refractivity contribution >= 4 is 0 Å². The third kappa shape index (κ3) is 2.03. The summed E-state index contributed by atoms with van der Waals surface area (Å²) >= 11 is 0. The highest BCUT2D eigenvalue weighted by molar-refractivity contribution is 5.53. The molecule has 1 aromatic rings. The molecule has 2 saturated heterocycles. The molecule has 0 amide bonds. The first-order valence-corrected chi connectivity index (χ1v) is 6.38. The van der Waals surface area contributed by atoms with Gasteiger partial charge in [-0.3, -0.25) is 0 Å². The van der Waals surface area contributed by atoms with Crippen molar-refractivity contribution in [2.45, 2.75) is 6.10 Å². The van der Waals surface area contributed by atoms with E-state index in [1.54, 1.807) is 0 Å².